The average Bonchev–Trinajstić information content (AvgIpc) is 2.85. The second kappa shape index (κ2) is 5.24. The average molecular weight is 301 g/mol. The van der Waals surface area contributed by atoms with Gasteiger partial charge in [-0.3, -0.25) is 0 Å². The Balaban J connectivity index is 2.33. The summed E-state index contributed by atoms with van der Waals surface area (Å²) in [5, 5.41) is 0.139. The Kier molecular flexibility index (Phi) is 3.84. The molecule has 1 heterocycles. The summed E-state index contributed by atoms with van der Waals surface area (Å²) < 4.78 is 31.0. The minimum absolute atomic E-state index is 0.0109. The van der Waals surface area contributed by atoms with E-state index in [2.05, 4.69) is 0 Å². The van der Waals surface area contributed by atoms with Crippen molar-refractivity contribution in [3.63, 3.8) is 0 Å². The molecule has 0 spiro atoms. The number of sulfonamides is 1. The highest BCUT2D eigenvalue weighted by atomic mass is 35.5. The lowest BCUT2D eigenvalue weighted by Gasteiger charge is -2.17. The number of furan rings is 1. The summed E-state index contributed by atoms with van der Waals surface area (Å²) in [7, 11) is -2.25. The van der Waals surface area contributed by atoms with Crippen molar-refractivity contribution >= 4 is 27.3 Å². The molecule has 0 atom stereocenters. The lowest BCUT2D eigenvalue weighted by atomic mass is 10.3. The first-order valence-corrected chi connectivity index (χ1v) is 7.27. The topological polar surface area (TPSA) is 76.5 Å². The SMILES string of the molecule is CN(Cc1ccco1)S(=O)(=O)c1cc(N)ccc1Cl. The van der Waals surface area contributed by atoms with Crippen molar-refractivity contribution in [2.45, 2.75) is 11.4 Å². The van der Waals surface area contributed by atoms with Gasteiger partial charge in [-0.1, -0.05) is 11.6 Å². The number of benzene rings is 1. The van der Waals surface area contributed by atoms with Crippen LogP contribution in [0.5, 0.6) is 0 Å². The number of nitrogens with zero attached hydrogens (tertiary/aromatic N) is 1. The molecule has 0 saturated carbocycles. The van der Waals surface area contributed by atoms with Gasteiger partial charge >= 0.3 is 0 Å². The van der Waals surface area contributed by atoms with Crippen LogP contribution in [-0.4, -0.2) is 19.8 Å². The minimum Gasteiger partial charge on any atom is -0.468 e. The van der Waals surface area contributed by atoms with Crippen LogP contribution in [0.4, 0.5) is 5.69 Å². The molecule has 7 heteroatoms. The largest absolute Gasteiger partial charge is 0.468 e. The lowest BCUT2D eigenvalue weighted by molar-refractivity contribution is 0.406. The molecule has 0 radical (unpaired) electrons. The van der Waals surface area contributed by atoms with Gasteiger partial charge in [-0.05, 0) is 30.3 Å². The smallest absolute Gasteiger partial charge is 0.244 e. The zero-order valence-corrected chi connectivity index (χ0v) is 11.8. The minimum atomic E-state index is -3.71. The van der Waals surface area contributed by atoms with Gasteiger partial charge in [0.15, 0.2) is 0 Å². The Labute approximate surface area is 116 Å². The van der Waals surface area contributed by atoms with Gasteiger partial charge in [0.05, 0.1) is 17.8 Å². The van der Waals surface area contributed by atoms with Crippen LogP contribution >= 0.6 is 11.6 Å². The zero-order chi connectivity index (χ0) is 14.0. The predicted molar refractivity (Wildman–Crippen MR) is 73.2 cm³/mol. The molecular weight excluding hydrogens is 288 g/mol. The lowest BCUT2D eigenvalue weighted by Crippen LogP contribution is -2.26. The first-order valence-electron chi connectivity index (χ1n) is 5.45. The van der Waals surface area contributed by atoms with Crippen LogP contribution in [0.15, 0.2) is 45.9 Å². The standard InChI is InChI=1S/C12H13ClN2O3S/c1-15(8-10-3-2-6-18-10)19(16,17)12-7-9(14)4-5-11(12)13/h2-7H,8,14H2,1H3. The molecule has 1 aromatic carbocycles. The summed E-state index contributed by atoms with van der Waals surface area (Å²) in [6.07, 6.45) is 1.49. The number of rotatable bonds is 4. The maximum Gasteiger partial charge on any atom is 0.244 e. The van der Waals surface area contributed by atoms with Crippen LogP contribution in [-0.2, 0) is 16.6 Å². The van der Waals surface area contributed by atoms with E-state index in [1.54, 1.807) is 18.2 Å². The van der Waals surface area contributed by atoms with Gasteiger partial charge in [-0.25, -0.2) is 8.42 Å². The molecule has 19 heavy (non-hydrogen) atoms. The predicted octanol–water partition coefficient (Wildman–Crippen LogP) is 2.34. The Bertz CT molecular complexity index is 668. The van der Waals surface area contributed by atoms with E-state index in [1.807, 2.05) is 0 Å². The quantitative estimate of drug-likeness (QED) is 0.879. The molecular formula is C12H13ClN2O3S. The maximum absolute atomic E-state index is 12.4. The zero-order valence-electron chi connectivity index (χ0n) is 10.2. The molecule has 2 aromatic rings. The third kappa shape index (κ3) is 2.91. The van der Waals surface area contributed by atoms with E-state index in [9.17, 15) is 8.42 Å². The monoisotopic (exact) mass is 300 g/mol. The van der Waals surface area contributed by atoms with E-state index < -0.39 is 10.0 Å². The second-order valence-electron chi connectivity index (χ2n) is 4.03. The van der Waals surface area contributed by atoms with Gasteiger partial charge in [0.25, 0.3) is 0 Å². The van der Waals surface area contributed by atoms with E-state index in [-0.39, 0.29) is 16.5 Å². The van der Waals surface area contributed by atoms with Crippen LogP contribution in [0.25, 0.3) is 0 Å². The van der Waals surface area contributed by atoms with E-state index in [0.29, 0.717) is 11.4 Å². The highest BCUT2D eigenvalue weighted by molar-refractivity contribution is 7.89. The fraction of sp³-hybridized carbons (Fsp3) is 0.167. The number of hydrogen-bond donors (Lipinski definition) is 1. The van der Waals surface area contributed by atoms with Crippen molar-refractivity contribution < 1.29 is 12.8 Å². The summed E-state index contributed by atoms with van der Waals surface area (Å²) in [5.74, 6) is 0.547. The molecule has 2 N–H and O–H groups in total. The highest BCUT2D eigenvalue weighted by Crippen LogP contribution is 2.26. The highest BCUT2D eigenvalue weighted by Gasteiger charge is 2.24. The van der Waals surface area contributed by atoms with Gasteiger partial charge < -0.3 is 10.2 Å². The molecule has 0 unspecified atom stereocenters. The van der Waals surface area contributed by atoms with E-state index >= 15 is 0 Å². The van der Waals surface area contributed by atoms with Crippen LogP contribution < -0.4 is 5.73 Å². The first kappa shape index (κ1) is 13.9. The van der Waals surface area contributed by atoms with Gasteiger partial charge in [0.1, 0.15) is 10.7 Å². The summed E-state index contributed by atoms with van der Waals surface area (Å²) in [4.78, 5) is -0.0109. The van der Waals surface area contributed by atoms with Crippen LogP contribution in [0.3, 0.4) is 0 Å². The molecule has 1 aromatic heterocycles. The second-order valence-corrected chi connectivity index (χ2v) is 6.45. The normalized spacial score (nSPS) is 11.9. The Hall–Kier alpha value is -1.50. The molecule has 0 aliphatic heterocycles. The molecule has 5 nitrogen and oxygen atoms in total. The number of hydrogen-bond acceptors (Lipinski definition) is 4. The molecule has 0 amide bonds. The van der Waals surface area contributed by atoms with Crippen molar-refractivity contribution in [3.05, 3.63) is 47.4 Å². The van der Waals surface area contributed by atoms with Crippen molar-refractivity contribution in [2.24, 2.45) is 0 Å². The molecule has 102 valence electrons. The van der Waals surface area contributed by atoms with Crippen molar-refractivity contribution in [1.82, 2.24) is 4.31 Å². The third-order valence-corrected chi connectivity index (χ3v) is 4.89. The summed E-state index contributed by atoms with van der Waals surface area (Å²) in [6, 6.07) is 7.75. The third-order valence-electron chi connectivity index (χ3n) is 2.60. The van der Waals surface area contributed by atoms with Gasteiger partial charge in [-0.15, -0.1) is 0 Å². The van der Waals surface area contributed by atoms with Crippen molar-refractivity contribution in [3.8, 4) is 0 Å². The number of nitrogen functional groups attached to an aromatic ring is 1. The Morgan fingerprint density at radius 3 is 2.74 bits per heavy atom. The number of anilines is 1. The number of halogens is 1. The summed E-state index contributed by atoms with van der Waals surface area (Å²) in [5.41, 5.74) is 5.94. The van der Waals surface area contributed by atoms with Crippen LogP contribution in [0.1, 0.15) is 5.76 Å². The van der Waals surface area contributed by atoms with Gasteiger partial charge in [0, 0.05) is 12.7 Å². The van der Waals surface area contributed by atoms with E-state index in [4.69, 9.17) is 21.8 Å². The van der Waals surface area contributed by atoms with Crippen LogP contribution in [0, 0.1) is 0 Å². The van der Waals surface area contributed by atoms with E-state index in [0.717, 1.165) is 4.31 Å². The molecule has 0 aliphatic rings. The molecule has 0 bridgehead atoms. The molecule has 2 rings (SSSR count). The Morgan fingerprint density at radius 2 is 2.11 bits per heavy atom. The first-order chi connectivity index (χ1) is 8.91. The van der Waals surface area contributed by atoms with Crippen molar-refractivity contribution in [2.75, 3.05) is 12.8 Å². The van der Waals surface area contributed by atoms with Gasteiger partial charge in [-0.2, -0.15) is 4.31 Å². The Morgan fingerprint density at radius 1 is 1.37 bits per heavy atom. The summed E-state index contributed by atoms with van der Waals surface area (Å²) >= 11 is 5.92. The summed E-state index contributed by atoms with van der Waals surface area (Å²) in [6.45, 7) is 0.125. The van der Waals surface area contributed by atoms with Gasteiger partial charge in [0.2, 0.25) is 10.0 Å². The van der Waals surface area contributed by atoms with Crippen LogP contribution in [0.2, 0.25) is 5.02 Å². The molecule has 0 saturated heterocycles. The van der Waals surface area contributed by atoms with E-state index in [1.165, 1.54) is 25.4 Å². The molecule has 0 aliphatic carbocycles. The maximum atomic E-state index is 12.4. The van der Waals surface area contributed by atoms with Crippen molar-refractivity contribution in [1.29, 1.82) is 0 Å². The molecule has 0 fully saturated rings. The number of nitrogens with two attached hydrogens (primary N) is 1. The fourth-order valence-electron chi connectivity index (χ4n) is 1.59. The fourth-order valence-corrected chi connectivity index (χ4v) is 3.24.